The number of benzene rings is 8. The van der Waals surface area contributed by atoms with Crippen molar-refractivity contribution in [1.29, 1.82) is 0 Å². The van der Waals surface area contributed by atoms with Crippen LogP contribution in [0.3, 0.4) is 0 Å². The van der Waals surface area contributed by atoms with Crippen molar-refractivity contribution in [2.75, 3.05) is 0 Å². The lowest BCUT2D eigenvalue weighted by Crippen LogP contribution is -2.00. The lowest BCUT2D eigenvalue weighted by atomic mass is 10.0. The number of furan rings is 2. The summed E-state index contributed by atoms with van der Waals surface area (Å²) in [5.41, 5.74) is 11.3. The molecule has 0 spiro atoms. The van der Waals surface area contributed by atoms with Gasteiger partial charge in [0.05, 0.1) is 16.6 Å². The second-order valence-corrected chi connectivity index (χ2v) is 14.4. The van der Waals surface area contributed by atoms with Crippen molar-refractivity contribution in [1.82, 2.24) is 19.5 Å². The predicted molar refractivity (Wildman–Crippen MR) is 230 cm³/mol. The smallest absolute Gasteiger partial charge is 0.167 e. The highest BCUT2D eigenvalue weighted by Crippen LogP contribution is 2.42. The minimum Gasteiger partial charge on any atom is -0.456 e. The van der Waals surface area contributed by atoms with E-state index in [2.05, 4.69) is 144 Å². The Kier molecular flexibility index (Phi) is 6.83. The Balaban J connectivity index is 1.11. The summed E-state index contributed by atoms with van der Waals surface area (Å²) in [5, 5.41) is 6.30. The van der Waals surface area contributed by atoms with Crippen molar-refractivity contribution < 1.29 is 8.83 Å². The largest absolute Gasteiger partial charge is 0.456 e. The molecule has 0 aliphatic carbocycles. The Morgan fingerprint density at radius 2 is 0.982 bits per heavy atom. The SMILES string of the molecule is c1ccc(-c2cccc(-c3nc(-c4cccc5c4oc4cc6c7ccccc7n(-c7ccccc7)c6cc45)nc(-c4cccc5oc6ccccc6c45)n3)c2)cc1. The van der Waals surface area contributed by atoms with Gasteiger partial charge in [-0.05, 0) is 65.7 Å². The zero-order valence-corrected chi connectivity index (χ0v) is 30.4. The molecule has 0 atom stereocenters. The summed E-state index contributed by atoms with van der Waals surface area (Å²) >= 11 is 0. The Morgan fingerprint density at radius 1 is 0.351 bits per heavy atom. The van der Waals surface area contributed by atoms with Gasteiger partial charge in [0, 0.05) is 49.1 Å². The lowest BCUT2D eigenvalue weighted by molar-refractivity contribution is 0.669. The van der Waals surface area contributed by atoms with E-state index in [9.17, 15) is 0 Å². The van der Waals surface area contributed by atoms with Crippen molar-refractivity contribution in [3.05, 3.63) is 182 Å². The van der Waals surface area contributed by atoms with Crippen LogP contribution in [0.5, 0.6) is 0 Å². The molecular weight excluding hydrogens is 701 g/mol. The van der Waals surface area contributed by atoms with Crippen molar-refractivity contribution >= 4 is 65.7 Å². The van der Waals surface area contributed by atoms with Gasteiger partial charge in [-0.3, -0.25) is 0 Å². The third-order valence-electron chi connectivity index (χ3n) is 11.1. The van der Waals surface area contributed by atoms with Gasteiger partial charge in [-0.25, -0.2) is 15.0 Å². The fourth-order valence-corrected chi connectivity index (χ4v) is 8.47. The first kappa shape index (κ1) is 31.5. The van der Waals surface area contributed by atoms with Crippen molar-refractivity contribution in [3.8, 4) is 51.0 Å². The molecule has 12 aromatic rings. The number of hydrogen-bond donors (Lipinski definition) is 0. The van der Waals surface area contributed by atoms with E-state index >= 15 is 0 Å². The summed E-state index contributed by atoms with van der Waals surface area (Å²) < 4.78 is 15.5. The van der Waals surface area contributed by atoms with Crippen molar-refractivity contribution in [3.63, 3.8) is 0 Å². The monoisotopic (exact) mass is 730 g/mol. The van der Waals surface area contributed by atoms with Crippen LogP contribution in [-0.4, -0.2) is 19.5 Å². The van der Waals surface area contributed by atoms with E-state index in [-0.39, 0.29) is 0 Å². The molecule has 0 unspecified atom stereocenters. The maximum atomic E-state index is 6.87. The van der Waals surface area contributed by atoms with Gasteiger partial charge < -0.3 is 13.4 Å². The van der Waals surface area contributed by atoms with Crippen molar-refractivity contribution in [2.45, 2.75) is 0 Å². The molecule has 0 saturated carbocycles. The molecule has 0 N–H and O–H groups in total. The second-order valence-electron chi connectivity index (χ2n) is 14.4. The first-order valence-electron chi connectivity index (χ1n) is 19.0. The number of aromatic nitrogens is 4. The van der Waals surface area contributed by atoms with Crippen LogP contribution < -0.4 is 0 Å². The van der Waals surface area contributed by atoms with Crippen LogP contribution in [0.15, 0.2) is 191 Å². The predicted octanol–water partition coefficient (Wildman–Crippen LogP) is 13.4. The Labute approximate surface area is 325 Å². The molecule has 0 fully saturated rings. The molecule has 0 radical (unpaired) electrons. The van der Waals surface area contributed by atoms with Crippen LogP contribution in [0.25, 0.3) is 117 Å². The van der Waals surface area contributed by atoms with E-state index in [1.54, 1.807) is 0 Å². The normalized spacial score (nSPS) is 11.9. The number of hydrogen-bond acceptors (Lipinski definition) is 5. The molecule has 8 aromatic carbocycles. The van der Waals surface area contributed by atoms with E-state index in [1.165, 1.54) is 5.39 Å². The summed E-state index contributed by atoms with van der Waals surface area (Å²) in [6.45, 7) is 0. The molecule has 6 heteroatoms. The lowest BCUT2D eigenvalue weighted by Gasteiger charge is -2.10. The number of nitrogens with zero attached hydrogens (tertiary/aromatic N) is 4. The van der Waals surface area contributed by atoms with E-state index < -0.39 is 0 Å². The van der Waals surface area contributed by atoms with Crippen LogP contribution >= 0.6 is 0 Å². The van der Waals surface area contributed by atoms with E-state index in [0.29, 0.717) is 17.5 Å². The highest BCUT2D eigenvalue weighted by Gasteiger charge is 2.22. The highest BCUT2D eigenvalue weighted by atomic mass is 16.3. The maximum absolute atomic E-state index is 6.87. The fraction of sp³-hybridized carbons (Fsp3) is 0. The molecule has 0 bridgehead atoms. The zero-order valence-electron chi connectivity index (χ0n) is 30.4. The minimum absolute atomic E-state index is 0.526. The van der Waals surface area contributed by atoms with Gasteiger partial charge in [-0.1, -0.05) is 127 Å². The van der Waals surface area contributed by atoms with Crippen LogP contribution in [0, 0.1) is 0 Å². The molecule has 0 saturated heterocycles. The Hall–Kier alpha value is -7.83. The van der Waals surface area contributed by atoms with Crippen molar-refractivity contribution in [2.24, 2.45) is 0 Å². The van der Waals surface area contributed by atoms with Crippen LogP contribution in [0.4, 0.5) is 0 Å². The average molecular weight is 731 g/mol. The highest BCUT2D eigenvalue weighted by molar-refractivity contribution is 6.18. The summed E-state index contributed by atoms with van der Waals surface area (Å²) in [4.78, 5) is 15.7. The molecule has 57 heavy (non-hydrogen) atoms. The molecule has 4 aromatic heterocycles. The topological polar surface area (TPSA) is 69.9 Å². The van der Waals surface area contributed by atoms with Gasteiger partial charge in [0.15, 0.2) is 17.5 Å². The Morgan fingerprint density at radius 3 is 1.86 bits per heavy atom. The van der Waals surface area contributed by atoms with Gasteiger partial charge in [-0.15, -0.1) is 0 Å². The minimum atomic E-state index is 0.526. The standard InChI is InChI=1S/C51H30N4O2/c1-3-14-31(15-4-1)32-16-11-17-33(28-32)49-52-50(38-23-13-27-45-47(38)37-21-8-10-26-44(37)56-45)54-51(53-49)39-24-12-22-36-41-29-43-40(30-46(41)57-48(36)39)35-20-7-9-25-42(35)55(43)34-18-5-2-6-19-34/h1-30H. The first-order chi connectivity index (χ1) is 28.2. The average Bonchev–Trinajstić information content (AvgIpc) is 3.95. The summed E-state index contributed by atoms with van der Waals surface area (Å²) in [6.07, 6.45) is 0. The molecular formula is C51H30N4O2. The molecule has 4 heterocycles. The quantitative estimate of drug-likeness (QED) is 0.176. The number of fused-ring (bicyclic) bond motifs is 9. The van der Waals surface area contributed by atoms with Gasteiger partial charge in [0.2, 0.25) is 0 Å². The first-order valence-corrected chi connectivity index (χ1v) is 19.0. The van der Waals surface area contributed by atoms with Gasteiger partial charge >= 0.3 is 0 Å². The van der Waals surface area contributed by atoms with Gasteiger partial charge in [0.25, 0.3) is 0 Å². The van der Waals surface area contributed by atoms with Crippen LogP contribution in [-0.2, 0) is 0 Å². The number of rotatable bonds is 5. The molecule has 12 rings (SSSR count). The summed E-state index contributed by atoms with van der Waals surface area (Å²) in [6, 6.07) is 62.6. The van der Waals surface area contributed by atoms with Crippen LogP contribution in [0.1, 0.15) is 0 Å². The molecule has 0 aliphatic heterocycles. The summed E-state index contributed by atoms with van der Waals surface area (Å²) in [5.74, 6) is 1.65. The van der Waals surface area contributed by atoms with Gasteiger partial charge in [-0.2, -0.15) is 0 Å². The molecule has 266 valence electrons. The zero-order chi connectivity index (χ0) is 37.5. The second kappa shape index (κ2) is 12.3. The van der Waals surface area contributed by atoms with E-state index in [0.717, 1.165) is 93.8 Å². The fourth-order valence-electron chi connectivity index (χ4n) is 8.47. The van der Waals surface area contributed by atoms with E-state index in [1.807, 2.05) is 42.5 Å². The van der Waals surface area contributed by atoms with Gasteiger partial charge in [0.1, 0.15) is 22.3 Å². The van der Waals surface area contributed by atoms with Crippen LogP contribution in [0.2, 0.25) is 0 Å². The third kappa shape index (κ3) is 4.94. The van der Waals surface area contributed by atoms with E-state index in [4.69, 9.17) is 23.8 Å². The summed E-state index contributed by atoms with van der Waals surface area (Å²) in [7, 11) is 0. The molecule has 0 aliphatic rings. The Bertz CT molecular complexity index is 3530. The maximum Gasteiger partial charge on any atom is 0.167 e. The number of para-hydroxylation sites is 4. The third-order valence-corrected chi connectivity index (χ3v) is 11.1. The molecule has 6 nitrogen and oxygen atoms in total. The molecule has 0 amide bonds.